The van der Waals surface area contributed by atoms with Crippen molar-refractivity contribution in [1.29, 1.82) is 0 Å². The van der Waals surface area contributed by atoms with Crippen LogP contribution in [-0.2, 0) is 23.4 Å². The number of nitrogen functional groups attached to an aromatic ring is 1. The summed E-state index contributed by atoms with van der Waals surface area (Å²) in [5, 5.41) is 12.5. The third-order valence-corrected chi connectivity index (χ3v) is 13.9. The minimum atomic E-state index is -2.82. The van der Waals surface area contributed by atoms with Crippen LogP contribution in [-0.4, -0.2) is 69.6 Å². The third-order valence-electron chi connectivity index (χ3n) is 8.85. The van der Waals surface area contributed by atoms with E-state index < -0.39 is 50.5 Å². The lowest BCUT2D eigenvalue weighted by atomic mass is 9.95. The maximum Gasteiger partial charge on any atom is 0.306 e. The topological polar surface area (TPSA) is 144 Å². The summed E-state index contributed by atoms with van der Waals surface area (Å²) in [6, 6.07) is 20.7. The monoisotopic (exact) mass is 631 g/mol. The number of benzene rings is 2. The van der Waals surface area contributed by atoms with Crippen molar-refractivity contribution in [3.63, 3.8) is 0 Å². The predicted molar refractivity (Wildman–Crippen MR) is 171 cm³/mol. The Morgan fingerprint density at radius 2 is 1.64 bits per heavy atom. The van der Waals surface area contributed by atoms with Crippen molar-refractivity contribution in [1.82, 2.24) is 19.5 Å². The molecule has 6 rings (SSSR count). The van der Waals surface area contributed by atoms with Gasteiger partial charge in [0, 0.05) is 6.61 Å². The molecular weight excluding hydrogens is 590 g/mol. The Morgan fingerprint density at radius 1 is 1.02 bits per heavy atom. The van der Waals surface area contributed by atoms with Gasteiger partial charge in [-0.3, -0.25) is 9.36 Å². The number of imidazole rings is 1. The number of carbonyl (C=O) groups is 1. The molecule has 2 aliphatic rings. The largest absolute Gasteiger partial charge is 0.481 e. The molecule has 12 heteroatoms. The molecule has 0 bridgehead atoms. The smallest absolute Gasteiger partial charge is 0.306 e. The Morgan fingerprint density at radius 3 is 2.24 bits per heavy atom. The molecule has 1 unspecified atom stereocenters. The second kappa shape index (κ2) is 11.9. The van der Waals surface area contributed by atoms with E-state index in [1.807, 2.05) is 50.2 Å². The maximum absolute atomic E-state index is 12.7. The highest BCUT2D eigenvalue weighted by Gasteiger charge is 2.57. The van der Waals surface area contributed by atoms with Gasteiger partial charge in [-0.05, 0) is 42.1 Å². The lowest BCUT2D eigenvalue weighted by Crippen LogP contribution is -2.66. The van der Waals surface area contributed by atoms with Crippen LogP contribution in [0.25, 0.3) is 11.2 Å². The predicted octanol–water partition coefficient (Wildman–Crippen LogP) is 3.88. The first-order valence-corrected chi connectivity index (χ1v) is 17.2. The van der Waals surface area contributed by atoms with Gasteiger partial charge in [-0.25, -0.2) is 15.0 Å². The van der Waals surface area contributed by atoms with E-state index in [-0.39, 0.29) is 23.9 Å². The molecule has 0 amide bonds. The number of nitrogens with zero attached hydrogens (tertiary/aromatic N) is 4. The third kappa shape index (κ3) is 5.77. The van der Waals surface area contributed by atoms with Gasteiger partial charge in [0.2, 0.25) is 0 Å². The number of nitrogens with two attached hydrogens (primary N) is 1. The van der Waals surface area contributed by atoms with Crippen molar-refractivity contribution in [3.8, 4) is 0 Å². The average Bonchev–Trinajstić information content (AvgIpc) is 3.66. The quantitative estimate of drug-likeness (QED) is 0.248. The molecule has 2 saturated heterocycles. The molecule has 2 aliphatic heterocycles. The zero-order valence-electron chi connectivity index (χ0n) is 26.3. The highest BCUT2D eigenvalue weighted by molar-refractivity contribution is 6.99. The normalized spacial score (nSPS) is 23.7. The number of carboxylic acids is 1. The van der Waals surface area contributed by atoms with Gasteiger partial charge >= 0.3 is 5.97 Å². The number of aliphatic carboxylic acids is 1. The zero-order valence-corrected chi connectivity index (χ0v) is 27.3. The second-order valence-electron chi connectivity index (χ2n) is 13.3. The lowest BCUT2D eigenvalue weighted by molar-refractivity contribution is -0.198. The molecule has 2 aromatic carbocycles. The zero-order chi connectivity index (χ0) is 32.0. The van der Waals surface area contributed by atoms with Crippen LogP contribution < -0.4 is 16.1 Å². The fraction of sp³-hybridized carbons (Fsp3) is 0.455. The van der Waals surface area contributed by atoms with Crippen LogP contribution in [0.1, 0.15) is 53.7 Å². The molecule has 4 aromatic rings. The molecule has 45 heavy (non-hydrogen) atoms. The summed E-state index contributed by atoms with van der Waals surface area (Å²) in [7, 11) is -2.82. The average molecular weight is 632 g/mol. The van der Waals surface area contributed by atoms with Crippen LogP contribution >= 0.6 is 0 Å². The van der Waals surface area contributed by atoms with Crippen LogP contribution in [0.5, 0.6) is 0 Å². The number of hydrogen-bond acceptors (Lipinski definition) is 9. The summed E-state index contributed by atoms with van der Waals surface area (Å²) in [5.74, 6) is -2.25. The molecule has 4 heterocycles. The van der Waals surface area contributed by atoms with Gasteiger partial charge in [0.05, 0.1) is 18.3 Å². The van der Waals surface area contributed by atoms with Crippen molar-refractivity contribution < 1.29 is 28.5 Å². The highest BCUT2D eigenvalue weighted by atomic mass is 28.4. The summed E-state index contributed by atoms with van der Waals surface area (Å²) in [6.45, 7) is 10.6. The molecule has 11 nitrogen and oxygen atoms in total. The van der Waals surface area contributed by atoms with Crippen molar-refractivity contribution >= 4 is 41.6 Å². The minimum absolute atomic E-state index is 0.218. The summed E-state index contributed by atoms with van der Waals surface area (Å²) < 4.78 is 27.9. The van der Waals surface area contributed by atoms with Gasteiger partial charge in [0.25, 0.3) is 8.32 Å². The van der Waals surface area contributed by atoms with E-state index in [1.165, 1.54) is 6.33 Å². The standard InChI is InChI=1S/C33H41N5O6Si/c1-32(2,3)45(22-12-8-6-9-13-22,23-14-10-7-11-15-23)41-17-16-21(31(39)40)18-24-26-27(44-33(4,5)43-26)30(42-24)38-20-37-25-28(34)35-19-36-29(25)38/h6-15,19-21,24,26-27,30H,16-18H2,1-5H3,(H,39,40)(H2,34,35,36)/t21?,24-,26-,27-,30-/m1/s1. The van der Waals surface area contributed by atoms with Crippen molar-refractivity contribution in [2.75, 3.05) is 12.3 Å². The van der Waals surface area contributed by atoms with E-state index in [2.05, 4.69) is 60.0 Å². The van der Waals surface area contributed by atoms with Gasteiger partial charge < -0.3 is 29.5 Å². The van der Waals surface area contributed by atoms with E-state index in [0.717, 1.165) is 10.4 Å². The molecule has 238 valence electrons. The van der Waals surface area contributed by atoms with E-state index >= 15 is 0 Å². The van der Waals surface area contributed by atoms with Crippen LogP contribution in [0.4, 0.5) is 5.82 Å². The molecule has 2 aromatic heterocycles. The van der Waals surface area contributed by atoms with Gasteiger partial charge in [0.1, 0.15) is 24.1 Å². The SMILES string of the molecule is CC1(C)O[C@@H]2[C@H](O1)[C@@H](CC(CCO[Si](c1ccccc1)(c1ccccc1)C(C)(C)C)C(=O)O)O[C@H]2n1cnc2c(N)ncnc21. The van der Waals surface area contributed by atoms with Crippen LogP contribution in [0.3, 0.4) is 0 Å². The number of ether oxygens (including phenoxy) is 3. The highest BCUT2D eigenvalue weighted by Crippen LogP contribution is 2.46. The molecule has 5 atom stereocenters. The number of anilines is 1. The Kier molecular flexibility index (Phi) is 8.29. The van der Waals surface area contributed by atoms with E-state index in [4.69, 9.17) is 24.4 Å². The van der Waals surface area contributed by atoms with Gasteiger partial charge in [0.15, 0.2) is 23.5 Å². The van der Waals surface area contributed by atoms with E-state index in [1.54, 1.807) is 10.9 Å². The minimum Gasteiger partial charge on any atom is -0.481 e. The number of rotatable bonds is 10. The molecule has 0 aliphatic carbocycles. The van der Waals surface area contributed by atoms with E-state index in [0.29, 0.717) is 17.6 Å². The number of fused-ring (bicyclic) bond motifs is 2. The summed E-state index contributed by atoms with van der Waals surface area (Å²) >= 11 is 0. The second-order valence-corrected chi connectivity index (χ2v) is 17.6. The first kappa shape index (κ1) is 31.3. The van der Waals surface area contributed by atoms with Crippen LogP contribution in [0.15, 0.2) is 73.3 Å². The lowest BCUT2D eigenvalue weighted by Gasteiger charge is -2.43. The van der Waals surface area contributed by atoms with E-state index in [9.17, 15) is 9.90 Å². The first-order valence-electron chi connectivity index (χ1n) is 15.3. The molecule has 2 fully saturated rings. The van der Waals surface area contributed by atoms with Crippen molar-refractivity contribution in [2.45, 2.75) is 82.8 Å². The number of aromatic nitrogens is 4. The Hall–Kier alpha value is -3.68. The summed E-state index contributed by atoms with van der Waals surface area (Å²) in [4.78, 5) is 25.5. The fourth-order valence-corrected chi connectivity index (χ4v) is 11.4. The van der Waals surface area contributed by atoms with Crippen LogP contribution in [0.2, 0.25) is 5.04 Å². The molecule has 0 saturated carbocycles. The fourth-order valence-electron chi connectivity index (χ4n) is 6.87. The Bertz CT molecular complexity index is 1600. The van der Waals surface area contributed by atoms with Crippen LogP contribution in [0, 0.1) is 5.92 Å². The molecule has 0 spiro atoms. The van der Waals surface area contributed by atoms with Gasteiger partial charge in [-0.2, -0.15) is 0 Å². The maximum atomic E-state index is 12.7. The first-order chi connectivity index (χ1) is 21.4. The van der Waals surface area contributed by atoms with Gasteiger partial charge in [-0.1, -0.05) is 81.4 Å². The summed E-state index contributed by atoms with van der Waals surface area (Å²) in [6.07, 6.45) is 1.34. The van der Waals surface area contributed by atoms with Crippen molar-refractivity contribution in [2.24, 2.45) is 5.92 Å². The van der Waals surface area contributed by atoms with Crippen molar-refractivity contribution in [3.05, 3.63) is 73.3 Å². The number of carboxylic acid groups (broad SMARTS) is 1. The molecular formula is C33H41N5O6Si. The molecule has 0 radical (unpaired) electrons. The molecule has 3 N–H and O–H groups in total. The number of hydrogen-bond donors (Lipinski definition) is 2. The Balaban J connectivity index is 1.25. The Labute approximate surface area is 263 Å². The van der Waals surface area contributed by atoms with Gasteiger partial charge in [-0.15, -0.1) is 0 Å². The summed E-state index contributed by atoms with van der Waals surface area (Å²) in [5.41, 5.74) is 6.99.